The number of pyridine rings is 1. The first-order valence-corrected chi connectivity index (χ1v) is 6.45. The lowest BCUT2D eigenvalue weighted by Gasteiger charge is -2.04. The van der Waals surface area contributed by atoms with Crippen LogP contribution < -0.4 is 5.73 Å². The van der Waals surface area contributed by atoms with E-state index in [9.17, 15) is 0 Å². The number of nitrogens with two attached hydrogens (primary N) is 1. The number of nitrogens with zero attached hydrogens (tertiary/aromatic N) is 2. The van der Waals surface area contributed by atoms with Crippen LogP contribution in [0.2, 0.25) is 0 Å². The van der Waals surface area contributed by atoms with Crippen molar-refractivity contribution in [2.45, 2.75) is 31.6 Å². The van der Waals surface area contributed by atoms with E-state index < -0.39 is 0 Å². The van der Waals surface area contributed by atoms with Crippen LogP contribution in [0.25, 0.3) is 11.2 Å². The highest BCUT2D eigenvalue weighted by molar-refractivity contribution is 5.72. The van der Waals surface area contributed by atoms with E-state index in [1.807, 2.05) is 12.1 Å². The Morgan fingerprint density at radius 3 is 2.65 bits per heavy atom. The number of fused-ring (bicyclic) bond motifs is 2. The standard InChI is InChI=1S/C13H16N4/c14-10-6-5-9-12(16-10)17-13(15-9)11-7-3-1-2-4-8(7)11/h5-8,11H,1-4H2,(H3,14,15,16,17). The maximum atomic E-state index is 5.68. The van der Waals surface area contributed by atoms with Gasteiger partial charge < -0.3 is 10.7 Å². The van der Waals surface area contributed by atoms with Crippen molar-refractivity contribution in [1.82, 2.24) is 15.0 Å². The third-order valence-electron chi connectivity index (χ3n) is 4.36. The van der Waals surface area contributed by atoms with Crippen LogP contribution in [0, 0.1) is 11.8 Å². The van der Waals surface area contributed by atoms with Crippen molar-refractivity contribution in [3.63, 3.8) is 0 Å². The number of imidazole rings is 1. The molecule has 0 aromatic carbocycles. The molecule has 88 valence electrons. The Bertz CT molecular complexity index is 562. The van der Waals surface area contributed by atoms with Crippen molar-refractivity contribution in [3.8, 4) is 0 Å². The number of hydrogen-bond donors (Lipinski definition) is 2. The van der Waals surface area contributed by atoms with Gasteiger partial charge in [0.05, 0.1) is 5.52 Å². The van der Waals surface area contributed by atoms with Gasteiger partial charge in [0.2, 0.25) is 0 Å². The summed E-state index contributed by atoms with van der Waals surface area (Å²) < 4.78 is 0. The van der Waals surface area contributed by atoms with E-state index >= 15 is 0 Å². The molecule has 2 heterocycles. The van der Waals surface area contributed by atoms with Crippen molar-refractivity contribution in [3.05, 3.63) is 18.0 Å². The molecule has 2 unspecified atom stereocenters. The van der Waals surface area contributed by atoms with Gasteiger partial charge in [-0.1, -0.05) is 12.8 Å². The zero-order valence-electron chi connectivity index (χ0n) is 9.69. The molecule has 4 rings (SSSR count). The number of nitrogen functional groups attached to an aromatic ring is 1. The molecule has 0 radical (unpaired) electrons. The highest BCUT2D eigenvalue weighted by atomic mass is 15.0. The number of hydrogen-bond acceptors (Lipinski definition) is 3. The number of H-pyrrole nitrogens is 1. The molecule has 2 saturated carbocycles. The summed E-state index contributed by atoms with van der Waals surface area (Å²) in [7, 11) is 0. The largest absolute Gasteiger partial charge is 0.384 e. The number of nitrogens with one attached hydrogen (secondary N) is 1. The van der Waals surface area contributed by atoms with Crippen LogP contribution in [0.5, 0.6) is 0 Å². The fourth-order valence-corrected chi connectivity index (χ4v) is 3.48. The van der Waals surface area contributed by atoms with Crippen LogP contribution in [0.15, 0.2) is 12.1 Å². The van der Waals surface area contributed by atoms with Crippen molar-refractivity contribution in [2.75, 3.05) is 5.73 Å². The molecular weight excluding hydrogens is 212 g/mol. The van der Waals surface area contributed by atoms with Crippen LogP contribution in [-0.4, -0.2) is 15.0 Å². The fourth-order valence-electron chi connectivity index (χ4n) is 3.48. The maximum Gasteiger partial charge on any atom is 0.179 e. The average Bonchev–Trinajstić information content (AvgIpc) is 2.93. The molecule has 4 heteroatoms. The van der Waals surface area contributed by atoms with Gasteiger partial charge in [0.15, 0.2) is 5.65 Å². The summed E-state index contributed by atoms with van der Waals surface area (Å²) >= 11 is 0. The first-order chi connectivity index (χ1) is 8.33. The normalized spacial score (nSPS) is 31.4. The SMILES string of the molecule is Nc1ccc2[nH]c(C3C4CCCCC43)nc2n1. The number of rotatable bonds is 1. The summed E-state index contributed by atoms with van der Waals surface area (Å²) in [6.45, 7) is 0. The van der Waals surface area contributed by atoms with E-state index in [-0.39, 0.29) is 0 Å². The minimum Gasteiger partial charge on any atom is -0.384 e. The minimum absolute atomic E-state index is 0.545. The van der Waals surface area contributed by atoms with Crippen LogP contribution in [0.1, 0.15) is 37.4 Å². The molecular formula is C13H16N4. The third-order valence-corrected chi connectivity index (χ3v) is 4.36. The summed E-state index contributed by atoms with van der Waals surface area (Å²) in [4.78, 5) is 12.3. The van der Waals surface area contributed by atoms with Crippen molar-refractivity contribution < 1.29 is 0 Å². The molecule has 0 spiro atoms. The van der Waals surface area contributed by atoms with Crippen molar-refractivity contribution in [1.29, 1.82) is 0 Å². The molecule has 2 fully saturated rings. The number of aromatic nitrogens is 3. The Hall–Kier alpha value is -1.58. The van der Waals surface area contributed by atoms with E-state index in [1.165, 1.54) is 25.7 Å². The van der Waals surface area contributed by atoms with Crippen molar-refractivity contribution >= 4 is 17.0 Å². The van der Waals surface area contributed by atoms with Crippen LogP contribution >= 0.6 is 0 Å². The van der Waals surface area contributed by atoms with Crippen molar-refractivity contribution in [2.24, 2.45) is 11.8 Å². The zero-order chi connectivity index (χ0) is 11.4. The molecule has 0 saturated heterocycles. The van der Waals surface area contributed by atoms with Gasteiger partial charge in [-0.25, -0.2) is 9.97 Å². The van der Waals surface area contributed by atoms with Gasteiger partial charge in [0.25, 0.3) is 0 Å². The van der Waals surface area contributed by atoms with Gasteiger partial charge in [0, 0.05) is 5.92 Å². The summed E-state index contributed by atoms with van der Waals surface area (Å²) in [6, 6.07) is 3.80. The minimum atomic E-state index is 0.545. The smallest absolute Gasteiger partial charge is 0.179 e. The Labute approximate surface area is 99.6 Å². The molecule has 4 nitrogen and oxygen atoms in total. The second kappa shape index (κ2) is 3.22. The van der Waals surface area contributed by atoms with Crippen LogP contribution in [0.3, 0.4) is 0 Å². The van der Waals surface area contributed by atoms with E-state index in [0.717, 1.165) is 28.8 Å². The molecule has 17 heavy (non-hydrogen) atoms. The van der Waals surface area contributed by atoms with Gasteiger partial charge in [-0.3, -0.25) is 0 Å². The summed E-state index contributed by atoms with van der Waals surface area (Å²) in [5.74, 6) is 4.09. The van der Waals surface area contributed by atoms with E-state index in [2.05, 4.69) is 15.0 Å². The molecule has 2 aliphatic carbocycles. The lowest BCUT2D eigenvalue weighted by molar-refractivity contribution is 0.480. The van der Waals surface area contributed by atoms with Gasteiger partial charge in [0.1, 0.15) is 11.6 Å². The summed E-state index contributed by atoms with van der Waals surface area (Å²) in [5.41, 5.74) is 7.46. The molecule has 2 aromatic rings. The highest BCUT2D eigenvalue weighted by Gasteiger charge is 2.52. The first-order valence-electron chi connectivity index (χ1n) is 6.45. The van der Waals surface area contributed by atoms with E-state index in [1.54, 1.807) is 0 Å². The lowest BCUT2D eigenvalue weighted by atomic mass is 10.0. The molecule has 3 N–H and O–H groups in total. The Morgan fingerprint density at radius 1 is 1.12 bits per heavy atom. The molecule has 2 atom stereocenters. The molecule has 2 aromatic heterocycles. The van der Waals surface area contributed by atoms with Gasteiger partial charge in [-0.15, -0.1) is 0 Å². The lowest BCUT2D eigenvalue weighted by Crippen LogP contribution is -1.91. The van der Waals surface area contributed by atoms with Gasteiger partial charge in [-0.05, 0) is 36.8 Å². The maximum absolute atomic E-state index is 5.68. The quantitative estimate of drug-likeness (QED) is 0.787. The topological polar surface area (TPSA) is 67.6 Å². The number of aromatic amines is 1. The Morgan fingerprint density at radius 2 is 1.88 bits per heavy atom. The fraction of sp³-hybridized carbons (Fsp3) is 0.538. The van der Waals surface area contributed by atoms with E-state index in [4.69, 9.17) is 5.73 Å². The second-order valence-corrected chi connectivity index (χ2v) is 5.37. The van der Waals surface area contributed by atoms with Crippen LogP contribution in [0.4, 0.5) is 5.82 Å². The predicted octanol–water partition coefficient (Wildman–Crippen LogP) is 2.44. The predicted molar refractivity (Wildman–Crippen MR) is 66.5 cm³/mol. The van der Waals surface area contributed by atoms with E-state index in [0.29, 0.717) is 11.7 Å². The molecule has 0 bridgehead atoms. The van der Waals surface area contributed by atoms with Gasteiger partial charge >= 0.3 is 0 Å². The third kappa shape index (κ3) is 1.36. The zero-order valence-corrected chi connectivity index (χ0v) is 9.69. The molecule has 0 amide bonds. The highest BCUT2D eigenvalue weighted by Crippen LogP contribution is 2.60. The monoisotopic (exact) mass is 228 g/mol. The average molecular weight is 228 g/mol. The summed E-state index contributed by atoms with van der Waals surface area (Å²) in [6.07, 6.45) is 5.54. The molecule has 2 aliphatic rings. The Kier molecular flexibility index (Phi) is 1.79. The first kappa shape index (κ1) is 9.45. The van der Waals surface area contributed by atoms with Crippen LogP contribution in [-0.2, 0) is 0 Å². The Balaban J connectivity index is 1.72. The van der Waals surface area contributed by atoms with Gasteiger partial charge in [-0.2, -0.15) is 0 Å². The number of anilines is 1. The second-order valence-electron chi connectivity index (χ2n) is 5.37. The molecule has 0 aliphatic heterocycles. The summed E-state index contributed by atoms with van der Waals surface area (Å²) in [5, 5.41) is 0.